The van der Waals surface area contributed by atoms with Crippen molar-refractivity contribution < 1.29 is 9.90 Å². The van der Waals surface area contributed by atoms with E-state index < -0.39 is 5.97 Å². The van der Waals surface area contributed by atoms with Crippen LogP contribution in [0.25, 0.3) is 0 Å². The third kappa shape index (κ3) is 12.0. The van der Waals surface area contributed by atoms with Crippen molar-refractivity contribution in [3.05, 3.63) is 18.7 Å². The van der Waals surface area contributed by atoms with Gasteiger partial charge < -0.3 is 16.2 Å². The standard InChI is InChI=1S/C3H4N2.C3H6O2.H3N/c1-2-5-3-4-1;1-2-3(4)5;/h1-3H,(H,4,5);2H2,1H3,(H,4,5);1H3. The predicted octanol–water partition coefficient (Wildman–Crippen LogP) is 1.05. The number of nitrogens with zero attached hydrogens (tertiary/aromatic N) is 1. The average Bonchev–Trinajstić information content (AvgIpc) is 2.43. The molecular formula is C6H13N3O2. The van der Waals surface area contributed by atoms with Crippen LogP contribution >= 0.6 is 0 Å². The van der Waals surface area contributed by atoms with Gasteiger partial charge in [0.25, 0.3) is 0 Å². The monoisotopic (exact) mass is 159 g/mol. The number of carboxylic acid groups (broad SMARTS) is 1. The van der Waals surface area contributed by atoms with Crippen LogP contribution in [0, 0.1) is 0 Å². The fourth-order valence-corrected chi connectivity index (χ4v) is 0.215. The molecule has 1 aromatic heterocycles. The Labute approximate surface area is 65.1 Å². The summed E-state index contributed by atoms with van der Waals surface area (Å²) >= 11 is 0. The Morgan fingerprint density at radius 1 is 1.73 bits per heavy atom. The predicted molar refractivity (Wildman–Crippen MR) is 41.5 cm³/mol. The molecule has 0 aromatic carbocycles. The van der Waals surface area contributed by atoms with E-state index in [-0.39, 0.29) is 12.6 Å². The van der Waals surface area contributed by atoms with E-state index >= 15 is 0 Å². The summed E-state index contributed by atoms with van der Waals surface area (Å²) in [6.07, 6.45) is 5.31. The summed E-state index contributed by atoms with van der Waals surface area (Å²) in [5, 5.41) is 7.72. The van der Waals surface area contributed by atoms with Crippen molar-refractivity contribution in [3.63, 3.8) is 0 Å². The van der Waals surface area contributed by atoms with Gasteiger partial charge in [0.2, 0.25) is 0 Å². The van der Waals surface area contributed by atoms with Gasteiger partial charge in [-0.1, -0.05) is 6.92 Å². The van der Waals surface area contributed by atoms with E-state index in [2.05, 4.69) is 9.97 Å². The van der Waals surface area contributed by atoms with Crippen molar-refractivity contribution in [2.75, 3.05) is 0 Å². The lowest BCUT2D eigenvalue weighted by Gasteiger charge is -1.71. The van der Waals surface area contributed by atoms with Crippen LogP contribution in [-0.2, 0) is 4.79 Å². The Kier molecular flexibility index (Phi) is 9.68. The summed E-state index contributed by atoms with van der Waals surface area (Å²) in [6.45, 7) is 1.60. The van der Waals surface area contributed by atoms with E-state index in [4.69, 9.17) is 5.11 Å². The molecule has 5 nitrogen and oxygen atoms in total. The van der Waals surface area contributed by atoms with E-state index in [0.717, 1.165) is 0 Å². The first-order chi connectivity index (χ1) is 4.77. The van der Waals surface area contributed by atoms with E-state index in [1.54, 1.807) is 25.6 Å². The highest BCUT2D eigenvalue weighted by Crippen LogP contribution is 1.67. The SMILES string of the molecule is CCC(=O)O.N.c1c[nH]cn1. The second kappa shape index (κ2) is 8.64. The molecule has 0 bridgehead atoms. The Morgan fingerprint density at radius 2 is 2.27 bits per heavy atom. The Morgan fingerprint density at radius 3 is 2.36 bits per heavy atom. The van der Waals surface area contributed by atoms with Crippen LogP contribution in [0.3, 0.4) is 0 Å². The topological polar surface area (TPSA) is 101 Å². The van der Waals surface area contributed by atoms with E-state index in [1.807, 2.05) is 0 Å². The van der Waals surface area contributed by atoms with E-state index in [0.29, 0.717) is 0 Å². The summed E-state index contributed by atoms with van der Waals surface area (Å²) in [6, 6.07) is 0. The number of nitrogens with one attached hydrogen (secondary N) is 1. The molecule has 1 rings (SSSR count). The van der Waals surface area contributed by atoms with Gasteiger partial charge in [0.05, 0.1) is 6.33 Å². The van der Waals surface area contributed by atoms with Gasteiger partial charge in [-0.2, -0.15) is 0 Å². The van der Waals surface area contributed by atoms with Gasteiger partial charge in [-0.3, -0.25) is 4.79 Å². The summed E-state index contributed by atoms with van der Waals surface area (Å²) in [4.78, 5) is 15.8. The number of aromatic amines is 1. The van der Waals surface area contributed by atoms with Gasteiger partial charge in [0, 0.05) is 18.8 Å². The molecule has 64 valence electrons. The maximum absolute atomic E-state index is 9.37. The first-order valence-corrected chi connectivity index (χ1v) is 2.92. The lowest BCUT2D eigenvalue weighted by Crippen LogP contribution is -1.86. The zero-order chi connectivity index (χ0) is 7.82. The van der Waals surface area contributed by atoms with Gasteiger partial charge in [0.15, 0.2) is 0 Å². The number of carbonyl (C=O) groups is 1. The Bertz CT molecular complexity index is 145. The quantitative estimate of drug-likeness (QED) is 0.570. The van der Waals surface area contributed by atoms with Crippen molar-refractivity contribution in [1.82, 2.24) is 16.1 Å². The van der Waals surface area contributed by atoms with Gasteiger partial charge in [-0.15, -0.1) is 0 Å². The number of imidazole rings is 1. The molecular weight excluding hydrogens is 146 g/mol. The molecule has 0 aliphatic carbocycles. The zero-order valence-corrected chi connectivity index (χ0v) is 6.45. The van der Waals surface area contributed by atoms with Crippen molar-refractivity contribution in [2.45, 2.75) is 13.3 Å². The number of hydrogen-bond acceptors (Lipinski definition) is 3. The highest BCUT2D eigenvalue weighted by Gasteiger charge is 1.80. The zero-order valence-electron chi connectivity index (χ0n) is 6.45. The second-order valence-electron chi connectivity index (χ2n) is 1.51. The van der Waals surface area contributed by atoms with Crippen LogP contribution in [0.4, 0.5) is 0 Å². The van der Waals surface area contributed by atoms with Gasteiger partial charge in [-0.05, 0) is 0 Å². The van der Waals surface area contributed by atoms with Crippen molar-refractivity contribution in [1.29, 1.82) is 0 Å². The fourth-order valence-electron chi connectivity index (χ4n) is 0.215. The number of carboxylic acids is 1. The largest absolute Gasteiger partial charge is 0.481 e. The number of hydrogen-bond donors (Lipinski definition) is 3. The Hall–Kier alpha value is -1.36. The number of aromatic nitrogens is 2. The smallest absolute Gasteiger partial charge is 0.303 e. The Balaban J connectivity index is 0. The van der Waals surface area contributed by atoms with Crippen LogP contribution in [0.1, 0.15) is 13.3 Å². The molecule has 1 aromatic rings. The molecule has 0 saturated heterocycles. The summed E-state index contributed by atoms with van der Waals surface area (Å²) in [5.74, 6) is -0.745. The van der Waals surface area contributed by atoms with E-state index in [1.165, 1.54) is 0 Å². The van der Waals surface area contributed by atoms with Gasteiger partial charge >= 0.3 is 5.97 Å². The summed E-state index contributed by atoms with van der Waals surface area (Å²) < 4.78 is 0. The normalized spacial score (nSPS) is 7.00. The molecule has 0 fully saturated rings. The summed E-state index contributed by atoms with van der Waals surface area (Å²) in [7, 11) is 0. The van der Waals surface area contributed by atoms with E-state index in [9.17, 15) is 4.79 Å². The molecule has 11 heavy (non-hydrogen) atoms. The average molecular weight is 159 g/mol. The third-order valence-electron chi connectivity index (χ3n) is 0.708. The van der Waals surface area contributed by atoms with Crippen LogP contribution in [0.2, 0.25) is 0 Å². The maximum atomic E-state index is 9.37. The highest BCUT2D eigenvalue weighted by atomic mass is 16.4. The highest BCUT2D eigenvalue weighted by molar-refractivity contribution is 5.66. The number of H-pyrrole nitrogens is 1. The lowest BCUT2D eigenvalue weighted by atomic mass is 10.5. The van der Waals surface area contributed by atoms with Crippen LogP contribution < -0.4 is 6.15 Å². The minimum absolute atomic E-state index is 0. The van der Waals surface area contributed by atoms with Crippen LogP contribution in [-0.4, -0.2) is 21.0 Å². The second-order valence-corrected chi connectivity index (χ2v) is 1.51. The lowest BCUT2D eigenvalue weighted by molar-refractivity contribution is -0.136. The molecule has 0 radical (unpaired) electrons. The summed E-state index contributed by atoms with van der Waals surface area (Å²) in [5.41, 5.74) is 0. The first-order valence-electron chi connectivity index (χ1n) is 2.92. The maximum Gasteiger partial charge on any atom is 0.303 e. The molecule has 5 heteroatoms. The molecule has 5 N–H and O–H groups in total. The minimum Gasteiger partial charge on any atom is -0.481 e. The molecule has 0 unspecified atom stereocenters. The third-order valence-corrected chi connectivity index (χ3v) is 0.708. The fraction of sp³-hybridized carbons (Fsp3) is 0.333. The van der Waals surface area contributed by atoms with Crippen LogP contribution in [0.5, 0.6) is 0 Å². The van der Waals surface area contributed by atoms with Crippen molar-refractivity contribution in [3.8, 4) is 0 Å². The molecule has 0 aliphatic rings. The van der Waals surface area contributed by atoms with Crippen LogP contribution in [0.15, 0.2) is 18.7 Å². The first kappa shape index (κ1) is 12.3. The number of rotatable bonds is 1. The molecule has 1 heterocycles. The minimum atomic E-state index is -0.745. The molecule has 0 aliphatic heterocycles. The number of aliphatic carboxylic acids is 1. The van der Waals surface area contributed by atoms with Crippen molar-refractivity contribution in [2.24, 2.45) is 0 Å². The molecule has 0 atom stereocenters. The van der Waals surface area contributed by atoms with Crippen molar-refractivity contribution >= 4 is 5.97 Å². The van der Waals surface area contributed by atoms with Gasteiger partial charge in [-0.25, -0.2) is 4.98 Å². The van der Waals surface area contributed by atoms with Gasteiger partial charge in [0.1, 0.15) is 0 Å². The molecule has 0 spiro atoms. The molecule has 0 saturated carbocycles. The molecule has 0 amide bonds.